The number of methoxy groups -OCH3 is 2. The van der Waals surface area contributed by atoms with Crippen LogP contribution in [0.1, 0.15) is 5.56 Å². The van der Waals surface area contributed by atoms with Crippen molar-refractivity contribution >= 4 is 34.3 Å². The van der Waals surface area contributed by atoms with Crippen molar-refractivity contribution in [2.45, 2.75) is 5.03 Å². The summed E-state index contributed by atoms with van der Waals surface area (Å²) >= 11 is 1.10. The normalized spacial score (nSPS) is 10.4. The molecular weight excluding hydrogens is 381 g/mol. The van der Waals surface area contributed by atoms with Crippen LogP contribution in [-0.4, -0.2) is 30.9 Å². The van der Waals surface area contributed by atoms with Crippen LogP contribution in [0.15, 0.2) is 47.5 Å². The number of halogens is 1. The number of para-hydroxylation sites is 1. The molecule has 0 spiro atoms. The Bertz CT molecular complexity index is 1080. The van der Waals surface area contributed by atoms with Crippen LogP contribution in [0, 0.1) is 17.1 Å². The zero-order valence-electron chi connectivity index (χ0n) is 15.2. The lowest BCUT2D eigenvalue weighted by atomic mass is 10.1. The number of pyridine rings is 1. The number of benzene rings is 2. The van der Waals surface area contributed by atoms with E-state index in [1.165, 1.54) is 26.4 Å². The van der Waals surface area contributed by atoms with E-state index in [0.29, 0.717) is 33.0 Å². The van der Waals surface area contributed by atoms with Crippen LogP contribution in [0.3, 0.4) is 0 Å². The number of anilines is 1. The molecule has 0 saturated carbocycles. The average Bonchev–Trinajstić information content (AvgIpc) is 2.72. The number of hydrogen-bond donors (Lipinski definition) is 1. The van der Waals surface area contributed by atoms with Gasteiger partial charge in [0.15, 0.2) is 11.5 Å². The van der Waals surface area contributed by atoms with Gasteiger partial charge in [-0.05, 0) is 24.3 Å². The van der Waals surface area contributed by atoms with Crippen molar-refractivity contribution in [2.24, 2.45) is 0 Å². The average molecular weight is 397 g/mol. The number of aromatic nitrogens is 1. The third-order valence-electron chi connectivity index (χ3n) is 3.89. The zero-order valence-corrected chi connectivity index (χ0v) is 16.0. The maximum absolute atomic E-state index is 13.6. The third kappa shape index (κ3) is 4.15. The van der Waals surface area contributed by atoms with E-state index >= 15 is 0 Å². The van der Waals surface area contributed by atoms with Gasteiger partial charge in [-0.25, -0.2) is 9.37 Å². The van der Waals surface area contributed by atoms with Gasteiger partial charge >= 0.3 is 0 Å². The summed E-state index contributed by atoms with van der Waals surface area (Å²) in [5.41, 5.74) is 1.05. The number of amides is 1. The van der Waals surface area contributed by atoms with Gasteiger partial charge in [0.2, 0.25) is 5.91 Å². The van der Waals surface area contributed by atoms with Gasteiger partial charge in [0.25, 0.3) is 0 Å². The molecule has 1 N–H and O–H groups in total. The molecule has 0 atom stereocenters. The molecule has 142 valence electrons. The van der Waals surface area contributed by atoms with E-state index in [-0.39, 0.29) is 11.4 Å². The van der Waals surface area contributed by atoms with Crippen LogP contribution in [-0.2, 0) is 4.79 Å². The SMILES string of the molecule is COc1cc2cc(C#N)c(SCC(=O)Nc3ccccc3F)nc2cc1OC. The second kappa shape index (κ2) is 8.59. The van der Waals surface area contributed by atoms with Crippen LogP contribution in [0.5, 0.6) is 11.5 Å². The van der Waals surface area contributed by atoms with Gasteiger partial charge in [-0.2, -0.15) is 5.26 Å². The highest BCUT2D eigenvalue weighted by atomic mass is 32.2. The Morgan fingerprint density at radius 2 is 1.93 bits per heavy atom. The van der Waals surface area contributed by atoms with Gasteiger partial charge in [-0.1, -0.05) is 23.9 Å². The van der Waals surface area contributed by atoms with Crippen molar-refractivity contribution in [1.82, 2.24) is 4.98 Å². The third-order valence-corrected chi connectivity index (χ3v) is 4.88. The van der Waals surface area contributed by atoms with E-state index in [1.807, 2.05) is 0 Å². The molecule has 6 nitrogen and oxygen atoms in total. The van der Waals surface area contributed by atoms with Gasteiger partial charge < -0.3 is 14.8 Å². The summed E-state index contributed by atoms with van der Waals surface area (Å²) in [5.74, 6) is 0.122. The molecule has 2 aromatic carbocycles. The molecular formula is C20H16FN3O3S. The summed E-state index contributed by atoms with van der Waals surface area (Å²) in [6, 6.07) is 13.1. The first-order valence-corrected chi connectivity index (χ1v) is 9.18. The Hall–Kier alpha value is -3.31. The van der Waals surface area contributed by atoms with Gasteiger partial charge in [-0.15, -0.1) is 0 Å². The van der Waals surface area contributed by atoms with Gasteiger partial charge in [-0.3, -0.25) is 4.79 Å². The molecule has 1 amide bonds. The lowest BCUT2D eigenvalue weighted by Gasteiger charge is -2.11. The molecule has 8 heteroatoms. The quantitative estimate of drug-likeness (QED) is 0.633. The highest BCUT2D eigenvalue weighted by Gasteiger charge is 2.14. The summed E-state index contributed by atoms with van der Waals surface area (Å²) in [6.07, 6.45) is 0. The van der Waals surface area contributed by atoms with Crippen LogP contribution in [0.25, 0.3) is 10.9 Å². The predicted molar refractivity (Wildman–Crippen MR) is 105 cm³/mol. The monoisotopic (exact) mass is 397 g/mol. The first kappa shape index (κ1) is 19.5. The fraction of sp³-hybridized carbons (Fsp3) is 0.150. The number of carbonyl (C=O) groups is 1. The maximum atomic E-state index is 13.6. The van der Waals surface area contributed by atoms with Crippen molar-refractivity contribution < 1.29 is 18.7 Å². The highest BCUT2D eigenvalue weighted by molar-refractivity contribution is 8.00. The summed E-state index contributed by atoms with van der Waals surface area (Å²) in [6.45, 7) is 0. The number of fused-ring (bicyclic) bond motifs is 1. The molecule has 0 bridgehead atoms. The second-order valence-electron chi connectivity index (χ2n) is 5.67. The van der Waals surface area contributed by atoms with Crippen molar-refractivity contribution in [3.63, 3.8) is 0 Å². The number of carbonyl (C=O) groups excluding carboxylic acids is 1. The lowest BCUT2D eigenvalue weighted by molar-refractivity contribution is -0.113. The summed E-state index contributed by atoms with van der Waals surface area (Å²) in [4.78, 5) is 16.6. The van der Waals surface area contributed by atoms with Crippen molar-refractivity contribution in [3.8, 4) is 17.6 Å². The number of nitrogens with one attached hydrogen (secondary N) is 1. The Labute approximate surface area is 165 Å². The topological polar surface area (TPSA) is 84.2 Å². The molecule has 28 heavy (non-hydrogen) atoms. The molecule has 0 saturated heterocycles. The molecule has 1 heterocycles. The lowest BCUT2D eigenvalue weighted by Crippen LogP contribution is -2.15. The highest BCUT2D eigenvalue weighted by Crippen LogP contribution is 2.33. The number of ether oxygens (including phenoxy) is 2. The largest absolute Gasteiger partial charge is 0.493 e. The van der Waals surface area contributed by atoms with E-state index in [9.17, 15) is 14.4 Å². The minimum Gasteiger partial charge on any atom is -0.493 e. The molecule has 0 aliphatic rings. The number of thioether (sulfide) groups is 1. The number of nitriles is 1. The summed E-state index contributed by atoms with van der Waals surface area (Å²) in [5, 5.41) is 13.1. The molecule has 3 rings (SSSR count). The maximum Gasteiger partial charge on any atom is 0.234 e. The van der Waals surface area contributed by atoms with Crippen LogP contribution in [0.4, 0.5) is 10.1 Å². The Morgan fingerprint density at radius 1 is 1.21 bits per heavy atom. The summed E-state index contributed by atoms with van der Waals surface area (Å²) < 4.78 is 24.2. The first-order chi connectivity index (χ1) is 13.5. The number of nitrogens with zero attached hydrogens (tertiary/aromatic N) is 2. The minimum absolute atomic E-state index is 0.0190. The second-order valence-corrected chi connectivity index (χ2v) is 6.63. The first-order valence-electron chi connectivity index (χ1n) is 8.19. The molecule has 0 fully saturated rings. The Morgan fingerprint density at radius 3 is 2.61 bits per heavy atom. The van der Waals surface area contributed by atoms with E-state index < -0.39 is 11.7 Å². The van der Waals surface area contributed by atoms with Gasteiger partial charge in [0, 0.05) is 11.5 Å². The standard InChI is InChI=1S/C20H16FN3O3S/c1-26-17-8-12-7-13(10-22)20(24-16(12)9-18(17)27-2)28-11-19(25)23-15-6-4-3-5-14(15)21/h3-9H,11H2,1-2H3,(H,23,25). The van der Waals surface area contributed by atoms with Crippen LogP contribution < -0.4 is 14.8 Å². The number of rotatable bonds is 6. The van der Waals surface area contributed by atoms with E-state index in [1.54, 1.807) is 30.3 Å². The van der Waals surface area contributed by atoms with E-state index in [4.69, 9.17) is 9.47 Å². The fourth-order valence-corrected chi connectivity index (χ4v) is 3.32. The van der Waals surface area contributed by atoms with Crippen LogP contribution in [0.2, 0.25) is 0 Å². The van der Waals surface area contributed by atoms with Crippen molar-refractivity contribution in [3.05, 3.63) is 53.8 Å². The van der Waals surface area contributed by atoms with Gasteiger partial charge in [0.05, 0.1) is 36.7 Å². The van der Waals surface area contributed by atoms with Crippen molar-refractivity contribution in [1.29, 1.82) is 5.26 Å². The molecule has 0 aliphatic heterocycles. The molecule has 3 aromatic rings. The van der Waals surface area contributed by atoms with E-state index in [0.717, 1.165) is 11.8 Å². The fourth-order valence-electron chi connectivity index (χ4n) is 2.56. The zero-order chi connectivity index (χ0) is 20.1. The molecule has 0 unspecified atom stereocenters. The number of hydrogen-bond acceptors (Lipinski definition) is 6. The molecule has 1 aromatic heterocycles. The van der Waals surface area contributed by atoms with Crippen molar-refractivity contribution in [2.75, 3.05) is 25.3 Å². The molecule has 0 aliphatic carbocycles. The summed E-state index contributed by atoms with van der Waals surface area (Å²) in [7, 11) is 3.05. The van der Waals surface area contributed by atoms with E-state index in [2.05, 4.69) is 16.4 Å². The molecule has 0 radical (unpaired) electrons. The van der Waals surface area contributed by atoms with Crippen LogP contribution >= 0.6 is 11.8 Å². The Kier molecular flexibility index (Phi) is 5.96. The minimum atomic E-state index is -0.511. The smallest absolute Gasteiger partial charge is 0.234 e. The predicted octanol–water partition coefficient (Wildman–Crippen LogP) is 3.99. The van der Waals surface area contributed by atoms with Gasteiger partial charge in [0.1, 0.15) is 16.9 Å². The Balaban J connectivity index is 1.83.